The van der Waals surface area contributed by atoms with Gasteiger partial charge in [0.2, 0.25) is 11.8 Å². The molecule has 0 saturated heterocycles. The topological polar surface area (TPSA) is 96.0 Å². The molecule has 0 radical (unpaired) electrons. The standard InChI is InChI=1S/C30H35Cl2N3O5S/c1-5-40-28-17-10-9-16-27(28)35(41(38,39)23-12-7-6-8-13-23)20-29(36)34(22(4)30(37)33-18-21(2)3)19-24-25(31)14-11-15-26(24)32/h6-17,21-22H,5,18-20H2,1-4H3,(H,33,37)/t22-/m0/s1. The number of para-hydroxylation sites is 2. The van der Waals surface area contributed by atoms with E-state index in [1.807, 2.05) is 13.8 Å². The van der Waals surface area contributed by atoms with Crippen LogP contribution >= 0.6 is 23.2 Å². The lowest BCUT2D eigenvalue weighted by Gasteiger charge is -2.33. The summed E-state index contributed by atoms with van der Waals surface area (Å²) in [5.41, 5.74) is 0.638. The molecule has 1 atom stereocenters. The van der Waals surface area contributed by atoms with Gasteiger partial charge in [-0.05, 0) is 56.2 Å². The van der Waals surface area contributed by atoms with Crippen LogP contribution in [-0.2, 0) is 26.2 Å². The number of sulfonamides is 1. The molecule has 41 heavy (non-hydrogen) atoms. The fourth-order valence-electron chi connectivity index (χ4n) is 4.06. The number of nitrogens with one attached hydrogen (secondary N) is 1. The maximum atomic E-state index is 14.1. The van der Waals surface area contributed by atoms with Crippen molar-refractivity contribution in [1.82, 2.24) is 10.2 Å². The molecule has 0 unspecified atom stereocenters. The average Bonchev–Trinajstić information content (AvgIpc) is 2.95. The number of ether oxygens (including phenoxy) is 1. The van der Waals surface area contributed by atoms with Crippen molar-refractivity contribution >= 4 is 50.7 Å². The zero-order valence-corrected chi connectivity index (χ0v) is 25.8. The fraction of sp³-hybridized carbons (Fsp3) is 0.333. The fourth-order valence-corrected chi connectivity index (χ4v) is 6.03. The van der Waals surface area contributed by atoms with Gasteiger partial charge in [-0.25, -0.2) is 8.42 Å². The minimum atomic E-state index is -4.23. The van der Waals surface area contributed by atoms with Crippen LogP contribution in [0.5, 0.6) is 5.75 Å². The van der Waals surface area contributed by atoms with Crippen molar-refractivity contribution in [2.24, 2.45) is 5.92 Å². The zero-order valence-electron chi connectivity index (χ0n) is 23.5. The summed E-state index contributed by atoms with van der Waals surface area (Å²) in [6, 6.07) is 18.4. The minimum absolute atomic E-state index is 0.00234. The van der Waals surface area contributed by atoms with Crippen LogP contribution in [0, 0.1) is 5.92 Å². The molecule has 8 nitrogen and oxygen atoms in total. The molecule has 0 aliphatic rings. The first-order chi connectivity index (χ1) is 19.5. The third kappa shape index (κ3) is 8.15. The summed E-state index contributed by atoms with van der Waals surface area (Å²) < 4.78 is 34.7. The molecule has 0 bridgehead atoms. The Hall–Kier alpha value is -3.27. The lowest BCUT2D eigenvalue weighted by Crippen LogP contribution is -2.51. The van der Waals surface area contributed by atoms with E-state index >= 15 is 0 Å². The van der Waals surface area contributed by atoms with Crippen LogP contribution < -0.4 is 14.4 Å². The predicted molar refractivity (Wildman–Crippen MR) is 163 cm³/mol. The first kappa shape index (κ1) is 32.2. The largest absolute Gasteiger partial charge is 0.492 e. The van der Waals surface area contributed by atoms with Gasteiger partial charge in [0.05, 0.1) is 17.2 Å². The molecule has 0 heterocycles. The van der Waals surface area contributed by atoms with Gasteiger partial charge in [-0.1, -0.05) is 73.4 Å². The van der Waals surface area contributed by atoms with Crippen LogP contribution in [0.2, 0.25) is 10.0 Å². The number of halogens is 2. The van der Waals surface area contributed by atoms with Gasteiger partial charge in [-0.15, -0.1) is 0 Å². The molecule has 0 aliphatic carbocycles. The van der Waals surface area contributed by atoms with Gasteiger partial charge in [0.15, 0.2) is 0 Å². The van der Waals surface area contributed by atoms with Gasteiger partial charge >= 0.3 is 0 Å². The number of carbonyl (C=O) groups is 2. The van der Waals surface area contributed by atoms with Crippen molar-refractivity contribution in [1.29, 1.82) is 0 Å². The number of amides is 2. The quantitative estimate of drug-likeness (QED) is 0.262. The second kappa shape index (κ2) is 14.6. The third-order valence-corrected chi connectivity index (χ3v) is 8.77. The Morgan fingerprint density at radius 2 is 1.51 bits per heavy atom. The summed E-state index contributed by atoms with van der Waals surface area (Å²) in [6.07, 6.45) is 0. The van der Waals surface area contributed by atoms with E-state index in [2.05, 4.69) is 5.32 Å². The van der Waals surface area contributed by atoms with Crippen LogP contribution in [0.15, 0.2) is 77.7 Å². The number of benzene rings is 3. The maximum absolute atomic E-state index is 14.1. The zero-order chi connectivity index (χ0) is 30.2. The lowest BCUT2D eigenvalue weighted by atomic mass is 10.1. The molecule has 0 spiro atoms. The molecule has 2 amide bonds. The monoisotopic (exact) mass is 619 g/mol. The van der Waals surface area contributed by atoms with Crippen molar-refractivity contribution in [2.45, 2.75) is 45.2 Å². The Labute approximate surface area is 252 Å². The van der Waals surface area contributed by atoms with Gasteiger partial charge in [0, 0.05) is 28.7 Å². The van der Waals surface area contributed by atoms with Crippen molar-refractivity contribution in [3.63, 3.8) is 0 Å². The SMILES string of the molecule is CCOc1ccccc1N(CC(=O)N(Cc1c(Cl)cccc1Cl)[C@@H](C)C(=O)NCC(C)C)S(=O)(=O)c1ccccc1. The molecular weight excluding hydrogens is 585 g/mol. The molecule has 11 heteroatoms. The number of anilines is 1. The average molecular weight is 621 g/mol. The molecule has 0 aromatic heterocycles. The molecule has 0 saturated carbocycles. The maximum Gasteiger partial charge on any atom is 0.264 e. The van der Waals surface area contributed by atoms with E-state index in [1.165, 1.54) is 17.0 Å². The van der Waals surface area contributed by atoms with Crippen LogP contribution in [0.4, 0.5) is 5.69 Å². The van der Waals surface area contributed by atoms with Gasteiger partial charge < -0.3 is 15.0 Å². The number of rotatable bonds is 13. The van der Waals surface area contributed by atoms with E-state index in [1.54, 1.807) is 74.5 Å². The van der Waals surface area contributed by atoms with E-state index in [0.29, 0.717) is 27.9 Å². The molecule has 220 valence electrons. The highest BCUT2D eigenvalue weighted by molar-refractivity contribution is 7.92. The first-order valence-electron chi connectivity index (χ1n) is 13.3. The van der Waals surface area contributed by atoms with Gasteiger partial charge in [-0.2, -0.15) is 0 Å². The molecular formula is C30H35Cl2N3O5S. The second-order valence-electron chi connectivity index (χ2n) is 9.76. The van der Waals surface area contributed by atoms with Crippen LogP contribution in [0.3, 0.4) is 0 Å². The smallest absolute Gasteiger partial charge is 0.264 e. The number of nitrogens with zero attached hydrogens (tertiary/aromatic N) is 2. The highest BCUT2D eigenvalue weighted by Gasteiger charge is 2.34. The molecule has 0 fully saturated rings. The number of hydrogen-bond acceptors (Lipinski definition) is 5. The van der Waals surface area contributed by atoms with Crippen molar-refractivity contribution < 1.29 is 22.7 Å². The van der Waals surface area contributed by atoms with E-state index < -0.39 is 28.5 Å². The molecule has 3 aromatic rings. The van der Waals surface area contributed by atoms with Crippen molar-refractivity contribution in [3.8, 4) is 5.75 Å². The Kier molecular flexibility index (Phi) is 11.5. The van der Waals surface area contributed by atoms with E-state index in [4.69, 9.17) is 27.9 Å². The Morgan fingerprint density at radius 3 is 2.12 bits per heavy atom. The van der Waals surface area contributed by atoms with Crippen LogP contribution in [0.25, 0.3) is 0 Å². The minimum Gasteiger partial charge on any atom is -0.492 e. The summed E-state index contributed by atoms with van der Waals surface area (Å²) in [4.78, 5) is 28.5. The summed E-state index contributed by atoms with van der Waals surface area (Å²) in [7, 11) is -4.23. The molecule has 1 N–H and O–H groups in total. The van der Waals surface area contributed by atoms with Crippen molar-refractivity contribution in [2.75, 3.05) is 24.0 Å². The summed E-state index contributed by atoms with van der Waals surface area (Å²) >= 11 is 12.9. The highest BCUT2D eigenvalue weighted by Crippen LogP contribution is 2.33. The molecule has 3 rings (SSSR count). The summed E-state index contributed by atoms with van der Waals surface area (Å²) in [6.45, 7) is 7.26. The van der Waals surface area contributed by atoms with Gasteiger partial charge in [0.25, 0.3) is 10.0 Å². The van der Waals surface area contributed by atoms with E-state index in [9.17, 15) is 18.0 Å². The second-order valence-corrected chi connectivity index (χ2v) is 12.4. The number of carbonyl (C=O) groups excluding carboxylic acids is 2. The molecule has 3 aromatic carbocycles. The van der Waals surface area contributed by atoms with Crippen molar-refractivity contribution in [3.05, 3.63) is 88.4 Å². The predicted octanol–water partition coefficient (Wildman–Crippen LogP) is 5.78. The Balaban J connectivity index is 2.09. The number of hydrogen-bond donors (Lipinski definition) is 1. The highest BCUT2D eigenvalue weighted by atomic mass is 35.5. The lowest BCUT2D eigenvalue weighted by molar-refractivity contribution is -0.139. The summed E-state index contributed by atoms with van der Waals surface area (Å²) in [5.74, 6) is -0.526. The van der Waals surface area contributed by atoms with Gasteiger partial charge in [-0.3, -0.25) is 13.9 Å². The Bertz CT molecular complexity index is 1430. The summed E-state index contributed by atoms with van der Waals surface area (Å²) in [5, 5.41) is 3.49. The van der Waals surface area contributed by atoms with Crippen LogP contribution in [0.1, 0.15) is 33.3 Å². The Morgan fingerprint density at radius 1 is 0.902 bits per heavy atom. The van der Waals surface area contributed by atoms with Gasteiger partial charge in [0.1, 0.15) is 18.3 Å². The normalized spacial score (nSPS) is 12.1. The third-order valence-electron chi connectivity index (χ3n) is 6.29. The molecule has 0 aliphatic heterocycles. The van der Waals surface area contributed by atoms with E-state index in [-0.39, 0.29) is 35.6 Å². The first-order valence-corrected chi connectivity index (χ1v) is 15.5. The van der Waals surface area contributed by atoms with E-state index in [0.717, 1.165) is 4.31 Å². The van der Waals surface area contributed by atoms with Crippen LogP contribution in [-0.4, -0.2) is 50.9 Å².